The summed E-state index contributed by atoms with van der Waals surface area (Å²) in [5.74, 6) is 0. The molecule has 0 aromatic heterocycles. The van der Waals surface area contributed by atoms with E-state index in [0.29, 0.717) is 9.92 Å². The van der Waals surface area contributed by atoms with E-state index in [1.54, 1.807) is 24.3 Å². The third-order valence-corrected chi connectivity index (χ3v) is 4.14. The Morgan fingerprint density at radius 2 is 1.83 bits per heavy atom. The molecule has 0 atom stereocenters. The molecule has 3 nitrogen and oxygen atoms in total. The maximum atomic E-state index is 10.9. The summed E-state index contributed by atoms with van der Waals surface area (Å²) in [4.78, 5) is 12.1. The summed E-state index contributed by atoms with van der Waals surface area (Å²) >= 11 is 9.30. The Morgan fingerprint density at radius 1 is 1.17 bits per heavy atom. The van der Waals surface area contributed by atoms with Crippen LogP contribution in [0.2, 0.25) is 5.02 Å². The lowest BCUT2D eigenvalue weighted by Gasteiger charge is -2.03. The molecule has 6 heteroatoms. The van der Waals surface area contributed by atoms with Crippen LogP contribution in [0, 0.1) is 13.7 Å². The number of benzene rings is 2. The Labute approximate surface area is 127 Å². The van der Waals surface area contributed by atoms with Crippen molar-refractivity contribution in [2.45, 2.75) is 9.79 Å². The summed E-state index contributed by atoms with van der Waals surface area (Å²) in [6.07, 6.45) is 0. The lowest BCUT2D eigenvalue weighted by Crippen LogP contribution is -1.91. The second kappa shape index (κ2) is 5.90. The standard InChI is InChI=1S/C12H7ClINO2S/c13-8-1-4-10(5-2-8)18-12-7-9(14)3-6-11(12)15(16)17/h1-7H. The summed E-state index contributed by atoms with van der Waals surface area (Å²) in [7, 11) is 0. The molecule has 0 heterocycles. The molecule has 0 aliphatic heterocycles. The van der Waals surface area contributed by atoms with Gasteiger partial charge in [0.15, 0.2) is 0 Å². The number of hydrogen-bond acceptors (Lipinski definition) is 3. The Hall–Kier alpha value is -0.790. The third-order valence-electron chi connectivity index (χ3n) is 2.16. The number of halogens is 2. The predicted octanol–water partition coefficient (Wildman–Crippen LogP) is 5.00. The van der Waals surface area contributed by atoms with E-state index < -0.39 is 0 Å². The van der Waals surface area contributed by atoms with E-state index in [1.165, 1.54) is 17.8 Å². The van der Waals surface area contributed by atoms with Crippen molar-refractivity contribution < 1.29 is 4.92 Å². The van der Waals surface area contributed by atoms with Crippen LogP contribution in [-0.2, 0) is 0 Å². The molecule has 0 aliphatic carbocycles. The minimum absolute atomic E-state index is 0.121. The van der Waals surface area contributed by atoms with Gasteiger partial charge < -0.3 is 0 Å². The van der Waals surface area contributed by atoms with Gasteiger partial charge in [-0.3, -0.25) is 10.1 Å². The lowest BCUT2D eigenvalue weighted by molar-refractivity contribution is -0.387. The van der Waals surface area contributed by atoms with Crippen molar-refractivity contribution in [1.29, 1.82) is 0 Å². The predicted molar refractivity (Wildman–Crippen MR) is 81.4 cm³/mol. The van der Waals surface area contributed by atoms with E-state index in [1.807, 2.05) is 12.1 Å². The van der Waals surface area contributed by atoms with Crippen molar-refractivity contribution in [3.8, 4) is 0 Å². The largest absolute Gasteiger partial charge is 0.283 e. The van der Waals surface area contributed by atoms with Gasteiger partial charge in [-0.05, 0) is 59.0 Å². The summed E-state index contributed by atoms with van der Waals surface area (Å²) in [5, 5.41) is 11.6. The number of nitro benzene ring substituents is 1. The number of nitro groups is 1. The minimum atomic E-state index is -0.367. The Kier molecular flexibility index (Phi) is 4.47. The first kappa shape index (κ1) is 13.6. The maximum Gasteiger partial charge on any atom is 0.283 e. The van der Waals surface area contributed by atoms with Gasteiger partial charge in [-0.1, -0.05) is 23.4 Å². The van der Waals surface area contributed by atoms with Gasteiger partial charge in [0.1, 0.15) is 0 Å². The lowest BCUT2D eigenvalue weighted by atomic mass is 10.3. The van der Waals surface area contributed by atoms with Gasteiger partial charge in [-0.25, -0.2) is 0 Å². The monoisotopic (exact) mass is 391 g/mol. The molecule has 2 aromatic rings. The molecule has 0 spiro atoms. The van der Waals surface area contributed by atoms with Crippen molar-refractivity contribution in [1.82, 2.24) is 0 Å². The van der Waals surface area contributed by atoms with E-state index in [0.717, 1.165) is 8.47 Å². The summed E-state index contributed by atoms with van der Waals surface area (Å²) in [6.45, 7) is 0. The zero-order valence-corrected chi connectivity index (χ0v) is 12.7. The normalized spacial score (nSPS) is 10.3. The highest BCUT2D eigenvalue weighted by molar-refractivity contribution is 14.1. The first-order valence-electron chi connectivity index (χ1n) is 4.93. The molecule has 0 N–H and O–H groups in total. The smallest absolute Gasteiger partial charge is 0.258 e. The van der Waals surface area contributed by atoms with Crippen LogP contribution in [0.15, 0.2) is 52.3 Å². The number of hydrogen-bond donors (Lipinski definition) is 0. The molecule has 0 saturated heterocycles. The molecule has 0 bridgehead atoms. The molecule has 0 radical (unpaired) electrons. The fourth-order valence-corrected chi connectivity index (χ4v) is 3.14. The number of rotatable bonds is 3. The quantitative estimate of drug-likeness (QED) is 0.420. The van der Waals surface area contributed by atoms with E-state index in [9.17, 15) is 10.1 Å². The van der Waals surface area contributed by atoms with E-state index in [-0.39, 0.29) is 10.6 Å². The maximum absolute atomic E-state index is 10.9. The molecule has 2 aromatic carbocycles. The fraction of sp³-hybridized carbons (Fsp3) is 0. The van der Waals surface area contributed by atoms with Crippen LogP contribution in [-0.4, -0.2) is 4.92 Å². The number of nitrogens with zero attached hydrogens (tertiary/aromatic N) is 1. The highest BCUT2D eigenvalue weighted by Crippen LogP contribution is 2.36. The van der Waals surface area contributed by atoms with E-state index in [2.05, 4.69) is 22.6 Å². The molecule has 0 unspecified atom stereocenters. The SMILES string of the molecule is O=[N+]([O-])c1ccc(I)cc1Sc1ccc(Cl)cc1. The van der Waals surface area contributed by atoms with Gasteiger partial charge in [0.05, 0.1) is 9.82 Å². The van der Waals surface area contributed by atoms with Gasteiger partial charge >= 0.3 is 0 Å². The van der Waals surface area contributed by atoms with Gasteiger partial charge in [-0.2, -0.15) is 0 Å². The van der Waals surface area contributed by atoms with Crippen LogP contribution in [0.25, 0.3) is 0 Å². The Bertz CT molecular complexity index is 589. The summed E-state index contributed by atoms with van der Waals surface area (Å²) in [6, 6.07) is 12.3. The zero-order chi connectivity index (χ0) is 13.1. The van der Waals surface area contributed by atoms with Crippen molar-refractivity contribution in [3.05, 3.63) is 61.2 Å². The van der Waals surface area contributed by atoms with Crippen molar-refractivity contribution in [2.24, 2.45) is 0 Å². The molecule has 92 valence electrons. The Morgan fingerprint density at radius 3 is 2.44 bits per heavy atom. The molecule has 2 rings (SSSR count). The summed E-state index contributed by atoms with van der Waals surface area (Å²) < 4.78 is 0.967. The first-order chi connectivity index (χ1) is 8.56. The zero-order valence-electron chi connectivity index (χ0n) is 8.97. The second-order valence-corrected chi connectivity index (χ2v) is 6.22. The fourth-order valence-electron chi connectivity index (χ4n) is 1.35. The van der Waals surface area contributed by atoms with Crippen molar-refractivity contribution in [3.63, 3.8) is 0 Å². The average molecular weight is 392 g/mol. The third kappa shape index (κ3) is 3.37. The van der Waals surface area contributed by atoms with Crippen LogP contribution in [0.3, 0.4) is 0 Å². The summed E-state index contributed by atoms with van der Waals surface area (Å²) in [5.41, 5.74) is 0.121. The van der Waals surface area contributed by atoms with Crippen LogP contribution < -0.4 is 0 Å². The molecule has 0 aliphatic rings. The molecular formula is C12H7ClINO2S. The van der Waals surface area contributed by atoms with Gasteiger partial charge in [0.2, 0.25) is 0 Å². The van der Waals surface area contributed by atoms with Crippen molar-refractivity contribution in [2.75, 3.05) is 0 Å². The highest BCUT2D eigenvalue weighted by atomic mass is 127. The minimum Gasteiger partial charge on any atom is -0.258 e. The van der Waals surface area contributed by atoms with E-state index in [4.69, 9.17) is 11.6 Å². The topological polar surface area (TPSA) is 43.1 Å². The highest BCUT2D eigenvalue weighted by Gasteiger charge is 2.14. The van der Waals surface area contributed by atoms with Crippen LogP contribution in [0.1, 0.15) is 0 Å². The Balaban J connectivity index is 2.35. The molecule has 0 saturated carbocycles. The first-order valence-corrected chi connectivity index (χ1v) is 7.21. The van der Waals surface area contributed by atoms with Gasteiger partial charge in [0, 0.05) is 19.6 Å². The average Bonchev–Trinajstić information content (AvgIpc) is 2.32. The molecule has 18 heavy (non-hydrogen) atoms. The van der Waals surface area contributed by atoms with Gasteiger partial charge in [-0.15, -0.1) is 0 Å². The molecule has 0 amide bonds. The van der Waals surface area contributed by atoms with Crippen LogP contribution >= 0.6 is 46.0 Å². The second-order valence-electron chi connectivity index (χ2n) is 3.43. The van der Waals surface area contributed by atoms with Crippen LogP contribution in [0.4, 0.5) is 5.69 Å². The van der Waals surface area contributed by atoms with E-state index >= 15 is 0 Å². The van der Waals surface area contributed by atoms with Crippen molar-refractivity contribution >= 4 is 51.6 Å². The molecular weight excluding hydrogens is 385 g/mol. The molecule has 0 fully saturated rings. The van der Waals surface area contributed by atoms with Crippen LogP contribution in [0.5, 0.6) is 0 Å². The van der Waals surface area contributed by atoms with Gasteiger partial charge in [0.25, 0.3) is 5.69 Å².